The molecule has 0 atom stereocenters. The van der Waals surface area contributed by atoms with Gasteiger partial charge in [-0.3, -0.25) is 9.59 Å². The van der Waals surface area contributed by atoms with Crippen molar-refractivity contribution < 1.29 is 19.1 Å². The molecule has 0 amide bonds. The van der Waals surface area contributed by atoms with Crippen molar-refractivity contribution in [1.29, 1.82) is 0 Å². The van der Waals surface area contributed by atoms with Crippen LogP contribution in [0.25, 0.3) is 0 Å². The lowest BCUT2D eigenvalue weighted by Crippen LogP contribution is -2.12. The van der Waals surface area contributed by atoms with E-state index in [2.05, 4.69) is 9.47 Å². The molecule has 0 aromatic rings. The predicted molar refractivity (Wildman–Crippen MR) is 82.9 cm³/mol. The maximum Gasteiger partial charge on any atom is 0.305 e. The molecule has 0 aliphatic carbocycles. The van der Waals surface area contributed by atoms with Crippen LogP contribution in [0.5, 0.6) is 0 Å². The Labute approximate surface area is 116 Å². The van der Waals surface area contributed by atoms with Crippen molar-refractivity contribution in [1.82, 2.24) is 0 Å². The highest BCUT2D eigenvalue weighted by Crippen LogP contribution is 1.87. The first-order valence-electron chi connectivity index (χ1n) is 4.02. The van der Waals surface area contributed by atoms with Crippen molar-refractivity contribution in [3.63, 3.8) is 0 Å². The van der Waals surface area contributed by atoms with E-state index in [4.69, 9.17) is 0 Å². The van der Waals surface area contributed by atoms with Gasteiger partial charge in [-0.05, 0) is 0 Å². The molecule has 0 aromatic carbocycles. The van der Waals surface area contributed by atoms with Crippen molar-refractivity contribution in [3.05, 3.63) is 0 Å². The van der Waals surface area contributed by atoms with Crippen molar-refractivity contribution in [2.75, 3.05) is 13.2 Å². The zero-order valence-electron chi connectivity index (χ0n) is 7.46. The zero-order chi connectivity index (χ0) is 9.40. The monoisotopic (exact) mass is 270 g/mol. The molecule has 0 unspecified atom stereocenters. The van der Waals surface area contributed by atoms with E-state index >= 15 is 0 Å². The number of carbonyl (C=O) groups is 2. The van der Waals surface area contributed by atoms with E-state index in [0.29, 0.717) is 12.8 Å². The fourth-order valence-electron chi connectivity index (χ4n) is 0.515. The van der Waals surface area contributed by atoms with Crippen LogP contribution in [0.1, 0.15) is 71.2 Å². The summed E-state index contributed by atoms with van der Waals surface area (Å²) in [5, 5.41) is 0. The minimum Gasteiger partial charge on any atom is -0.462 e. The second kappa shape index (κ2) is 29.7. The maximum absolute atomic E-state index is 10.6. The van der Waals surface area contributed by atoms with Crippen LogP contribution in [0.4, 0.5) is 0 Å². The van der Waals surface area contributed by atoms with Gasteiger partial charge in [-0.1, -0.05) is 58.4 Å². The van der Waals surface area contributed by atoms with Crippen LogP contribution in [0.15, 0.2) is 0 Å². The van der Waals surface area contributed by atoms with Gasteiger partial charge in [0.1, 0.15) is 13.2 Å². The van der Waals surface area contributed by atoms with Crippen LogP contribution < -0.4 is 0 Å². The molecular weight excluding hydrogens is 232 g/mol. The van der Waals surface area contributed by atoms with E-state index in [0.717, 1.165) is 0 Å². The van der Waals surface area contributed by atoms with Gasteiger partial charge in [-0.25, -0.2) is 0 Å². The summed E-state index contributed by atoms with van der Waals surface area (Å²) < 4.78 is 9.34. The van der Waals surface area contributed by atoms with Crippen molar-refractivity contribution >= 4 is 11.9 Å². The molecule has 18 heavy (non-hydrogen) atoms. The van der Waals surface area contributed by atoms with Gasteiger partial charge < -0.3 is 9.47 Å². The molecular formula is C14H38O4. The van der Waals surface area contributed by atoms with Crippen LogP contribution in [0, 0.1) is 0 Å². The maximum atomic E-state index is 10.6. The summed E-state index contributed by atoms with van der Waals surface area (Å²) >= 11 is 0. The number of hydrogen-bond donors (Lipinski definition) is 0. The Kier molecular flexibility index (Phi) is 71.9. The average molecular weight is 270 g/mol. The number of carbonyl (C=O) groups excluding carboxylic acids is 2. The van der Waals surface area contributed by atoms with E-state index in [9.17, 15) is 9.59 Å². The van der Waals surface area contributed by atoms with Gasteiger partial charge in [0, 0.05) is 12.8 Å². The molecule has 0 aliphatic rings. The highest BCUT2D eigenvalue weighted by molar-refractivity contribution is 5.69. The second-order valence-corrected chi connectivity index (χ2v) is 2.15. The van der Waals surface area contributed by atoms with Gasteiger partial charge in [0.05, 0.1) is 0 Å². The highest BCUT2D eigenvalue weighted by atomic mass is 16.6. The first kappa shape index (κ1) is 43.6. The molecule has 0 N–H and O–H groups in total. The summed E-state index contributed by atoms with van der Waals surface area (Å²) in [6.45, 7) is 3.72. The summed E-state index contributed by atoms with van der Waals surface area (Å²) in [7, 11) is 0. The molecule has 4 heteroatoms. The summed E-state index contributed by atoms with van der Waals surface area (Å²) in [5.74, 6) is -0.551. The molecule has 0 heterocycles. The Bertz CT molecular complexity index is 138. The third-order valence-corrected chi connectivity index (χ3v) is 1.19. The summed E-state index contributed by atoms with van der Waals surface area (Å²) in [6.07, 6.45) is 0.698. The number of esters is 2. The standard InChI is InChI=1S/C8H14O4.6CH4/c1-3-7(9)11-5-6-12-8(10)4-2;;;;;;/h3-6H2,1-2H3;6*1H4. The van der Waals surface area contributed by atoms with Gasteiger partial charge in [0.2, 0.25) is 0 Å². The molecule has 0 saturated carbocycles. The zero-order valence-corrected chi connectivity index (χ0v) is 7.46. The molecule has 0 saturated heterocycles. The average Bonchev–Trinajstić information content (AvgIpc) is 2.11. The first-order chi connectivity index (χ1) is 5.70. The molecule has 0 aliphatic heterocycles. The normalized spacial score (nSPS) is 6.11. The van der Waals surface area contributed by atoms with Crippen LogP contribution in [0.3, 0.4) is 0 Å². The summed E-state index contributed by atoms with van der Waals surface area (Å²) in [5.41, 5.74) is 0. The smallest absolute Gasteiger partial charge is 0.305 e. The van der Waals surface area contributed by atoms with Crippen molar-refractivity contribution in [2.24, 2.45) is 0 Å². The molecule has 0 bridgehead atoms. The van der Waals surface area contributed by atoms with Gasteiger partial charge in [-0.2, -0.15) is 0 Å². The Morgan fingerprint density at radius 3 is 1.06 bits per heavy atom. The minimum absolute atomic E-state index is 0. The fourth-order valence-corrected chi connectivity index (χ4v) is 0.515. The van der Waals surface area contributed by atoms with Crippen LogP contribution in [-0.2, 0) is 19.1 Å². The van der Waals surface area contributed by atoms with E-state index in [1.54, 1.807) is 13.8 Å². The van der Waals surface area contributed by atoms with Crippen molar-refractivity contribution in [2.45, 2.75) is 71.2 Å². The largest absolute Gasteiger partial charge is 0.462 e. The first-order valence-corrected chi connectivity index (χ1v) is 4.02. The lowest BCUT2D eigenvalue weighted by Gasteiger charge is -2.03. The molecule has 0 spiro atoms. The molecule has 0 radical (unpaired) electrons. The van der Waals surface area contributed by atoms with Gasteiger partial charge in [-0.15, -0.1) is 0 Å². The van der Waals surface area contributed by atoms with E-state index in [-0.39, 0.29) is 69.7 Å². The third kappa shape index (κ3) is 29.4. The second-order valence-electron chi connectivity index (χ2n) is 2.15. The lowest BCUT2D eigenvalue weighted by molar-refractivity contribution is -0.151. The SMILES string of the molecule is C.C.C.C.C.C.CCC(=O)OCCOC(=O)CC. The number of ether oxygens (including phenoxy) is 2. The number of rotatable bonds is 5. The molecule has 0 fully saturated rings. The van der Waals surface area contributed by atoms with E-state index in [1.165, 1.54) is 0 Å². The molecule has 118 valence electrons. The van der Waals surface area contributed by atoms with Crippen LogP contribution in [-0.4, -0.2) is 25.2 Å². The molecule has 0 aromatic heterocycles. The van der Waals surface area contributed by atoms with Gasteiger partial charge in [0.15, 0.2) is 0 Å². The Morgan fingerprint density at radius 1 is 0.667 bits per heavy atom. The Morgan fingerprint density at radius 2 is 0.889 bits per heavy atom. The lowest BCUT2D eigenvalue weighted by atomic mass is 10.5. The third-order valence-electron chi connectivity index (χ3n) is 1.19. The van der Waals surface area contributed by atoms with Crippen molar-refractivity contribution in [3.8, 4) is 0 Å². The molecule has 0 rings (SSSR count). The fraction of sp³-hybridized carbons (Fsp3) is 0.857. The van der Waals surface area contributed by atoms with E-state index < -0.39 is 0 Å². The van der Waals surface area contributed by atoms with Gasteiger partial charge in [0.25, 0.3) is 0 Å². The quantitative estimate of drug-likeness (QED) is 0.536. The Hall–Kier alpha value is -1.06. The summed E-state index contributed by atoms with van der Waals surface area (Å²) in [6, 6.07) is 0. The topological polar surface area (TPSA) is 52.6 Å². The predicted octanol–water partition coefficient (Wildman–Crippen LogP) is 4.71. The Balaban J connectivity index is -0.0000000403. The molecule has 4 nitrogen and oxygen atoms in total. The van der Waals surface area contributed by atoms with Gasteiger partial charge >= 0.3 is 11.9 Å². The number of hydrogen-bond acceptors (Lipinski definition) is 4. The van der Waals surface area contributed by atoms with Crippen LogP contribution in [0.2, 0.25) is 0 Å². The van der Waals surface area contributed by atoms with Crippen LogP contribution >= 0.6 is 0 Å². The summed E-state index contributed by atoms with van der Waals surface area (Å²) in [4.78, 5) is 21.1. The van der Waals surface area contributed by atoms with E-state index in [1.807, 2.05) is 0 Å². The highest BCUT2D eigenvalue weighted by Gasteiger charge is 2.00. The minimum atomic E-state index is -0.275.